The second kappa shape index (κ2) is 9.84. The highest BCUT2D eigenvalue weighted by Gasteiger charge is 2.49. The number of ether oxygens (including phenoxy) is 1. The van der Waals surface area contributed by atoms with E-state index < -0.39 is 23.4 Å². The summed E-state index contributed by atoms with van der Waals surface area (Å²) < 4.78 is 5.23. The van der Waals surface area contributed by atoms with E-state index in [0.29, 0.717) is 17.0 Å². The summed E-state index contributed by atoms with van der Waals surface area (Å²) in [4.78, 5) is 41.5. The highest BCUT2D eigenvalue weighted by Crippen LogP contribution is 2.32. The lowest BCUT2D eigenvalue weighted by atomic mass is 9.92. The minimum Gasteiger partial charge on any atom is -0.497 e. The average molecular weight is 490 g/mol. The Morgan fingerprint density at radius 3 is 2.49 bits per heavy atom. The number of rotatable bonds is 7. The Hall–Kier alpha value is -3.78. The molecule has 1 aliphatic heterocycles. The lowest BCUT2D eigenvalue weighted by Crippen LogP contribution is -2.42. The molecule has 4 amide bonds. The van der Waals surface area contributed by atoms with Crippen LogP contribution in [0.5, 0.6) is 5.75 Å². The van der Waals surface area contributed by atoms with Crippen molar-refractivity contribution < 1.29 is 19.1 Å². The van der Waals surface area contributed by atoms with Gasteiger partial charge in [-0.05, 0) is 74.4 Å². The maximum Gasteiger partial charge on any atom is 0.325 e. The van der Waals surface area contributed by atoms with Crippen LogP contribution in [0, 0.1) is 13.8 Å². The zero-order valence-electron chi connectivity index (χ0n) is 20.0. The van der Waals surface area contributed by atoms with Crippen LogP contribution in [0.25, 0.3) is 0 Å². The van der Waals surface area contributed by atoms with Gasteiger partial charge in [-0.3, -0.25) is 14.5 Å². The second-order valence-electron chi connectivity index (χ2n) is 8.62. The number of nitrogens with zero attached hydrogens (tertiary/aromatic N) is 1. The van der Waals surface area contributed by atoms with Crippen molar-refractivity contribution in [1.29, 1.82) is 0 Å². The third-order valence-electron chi connectivity index (χ3n) is 5.92. The first kappa shape index (κ1) is 24.3. The van der Waals surface area contributed by atoms with Crippen molar-refractivity contribution in [2.75, 3.05) is 19.0 Å². The van der Waals surface area contributed by atoms with Crippen LogP contribution in [0.15, 0.2) is 76.5 Å². The standard InChI is InChI=1S/C27H27N3O4S/c1-17-8-13-23(18(2)14-17)35-22-11-9-20(10-12-22)28-24(31)16-30-25(32)27(3,29-26(30)33)19-6-5-7-21(15-19)34-4/h5-15H,16H2,1-4H3,(H,28,31)(H,29,33). The van der Waals surface area contributed by atoms with Gasteiger partial charge in [-0.25, -0.2) is 4.79 Å². The fourth-order valence-electron chi connectivity index (χ4n) is 3.96. The molecule has 35 heavy (non-hydrogen) atoms. The third kappa shape index (κ3) is 5.17. The minimum atomic E-state index is -1.28. The average Bonchev–Trinajstić information content (AvgIpc) is 3.06. The first-order valence-corrected chi connectivity index (χ1v) is 11.9. The van der Waals surface area contributed by atoms with Crippen LogP contribution in [0.3, 0.4) is 0 Å². The Morgan fingerprint density at radius 2 is 1.80 bits per heavy atom. The Bertz CT molecular complexity index is 1290. The van der Waals surface area contributed by atoms with Gasteiger partial charge < -0.3 is 15.4 Å². The number of urea groups is 1. The van der Waals surface area contributed by atoms with E-state index in [1.807, 2.05) is 12.1 Å². The number of hydrogen-bond acceptors (Lipinski definition) is 5. The molecule has 180 valence electrons. The molecule has 7 nitrogen and oxygen atoms in total. The van der Waals surface area contributed by atoms with Crippen molar-refractivity contribution in [1.82, 2.24) is 10.2 Å². The highest BCUT2D eigenvalue weighted by atomic mass is 32.2. The Labute approximate surface area is 208 Å². The monoisotopic (exact) mass is 489 g/mol. The number of methoxy groups -OCH3 is 1. The molecule has 1 fully saturated rings. The van der Waals surface area contributed by atoms with E-state index in [1.54, 1.807) is 55.1 Å². The van der Waals surface area contributed by atoms with Crippen LogP contribution in [0.2, 0.25) is 0 Å². The molecule has 0 saturated carbocycles. The molecule has 3 aromatic rings. The van der Waals surface area contributed by atoms with Gasteiger partial charge in [0.15, 0.2) is 0 Å². The van der Waals surface area contributed by atoms with Crippen LogP contribution < -0.4 is 15.4 Å². The lowest BCUT2D eigenvalue weighted by molar-refractivity contribution is -0.133. The maximum absolute atomic E-state index is 13.1. The van der Waals surface area contributed by atoms with Gasteiger partial charge in [-0.2, -0.15) is 0 Å². The summed E-state index contributed by atoms with van der Waals surface area (Å²) in [6.45, 7) is 5.38. The van der Waals surface area contributed by atoms with Crippen molar-refractivity contribution in [2.24, 2.45) is 0 Å². The molecule has 1 unspecified atom stereocenters. The fraction of sp³-hybridized carbons (Fsp3) is 0.222. The quantitative estimate of drug-likeness (QED) is 0.463. The number of hydrogen-bond donors (Lipinski definition) is 2. The highest BCUT2D eigenvalue weighted by molar-refractivity contribution is 7.99. The number of benzene rings is 3. The van der Waals surface area contributed by atoms with Crippen LogP contribution in [0.1, 0.15) is 23.6 Å². The molecule has 1 heterocycles. The van der Waals surface area contributed by atoms with E-state index in [-0.39, 0.29) is 6.54 Å². The molecule has 0 radical (unpaired) electrons. The molecule has 0 bridgehead atoms. The number of amides is 4. The Balaban J connectivity index is 1.40. The normalized spacial score (nSPS) is 17.3. The van der Waals surface area contributed by atoms with Gasteiger partial charge in [0.2, 0.25) is 5.91 Å². The van der Waals surface area contributed by atoms with Gasteiger partial charge in [0.25, 0.3) is 5.91 Å². The van der Waals surface area contributed by atoms with Crippen LogP contribution in [-0.4, -0.2) is 36.4 Å². The van der Waals surface area contributed by atoms with Crippen molar-refractivity contribution >= 4 is 35.3 Å². The molecule has 1 atom stereocenters. The SMILES string of the molecule is COc1cccc(C2(C)NC(=O)N(CC(=O)Nc3ccc(Sc4ccc(C)cc4C)cc3)C2=O)c1. The summed E-state index contributed by atoms with van der Waals surface area (Å²) >= 11 is 1.65. The number of carbonyl (C=O) groups is 3. The molecule has 0 aliphatic carbocycles. The Kier molecular flexibility index (Phi) is 6.84. The number of anilines is 1. The molecule has 0 aromatic heterocycles. The summed E-state index contributed by atoms with van der Waals surface area (Å²) in [6, 6.07) is 20.1. The number of imide groups is 1. The molecule has 8 heteroatoms. The van der Waals surface area contributed by atoms with Gasteiger partial charge in [-0.15, -0.1) is 0 Å². The summed E-state index contributed by atoms with van der Waals surface area (Å²) in [5.74, 6) is -0.384. The summed E-state index contributed by atoms with van der Waals surface area (Å²) in [5, 5.41) is 5.47. The number of aryl methyl sites for hydroxylation is 2. The van der Waals surface area contributed by atoms with Crippen molar-refractivity contribution in [2.45, 2.75) is 36.1 Å². The van der Waals surface area contributed by atoms with E-state index in [2.05, 4.69) is 42.7 Å². The van der Waals surface area contributed by atoms with Gasteiger partial charge in [0.1, 0.15) is 17.8 Å². The topological polar surface area (TPSA) is 87.7 Å². The van der Waals surface area contributed by atoms with Crippen molar-refractivity contribution in [3.63, 3.8) is 0 Å². The van der Waals surface area contributed by atoms with Gasteiger partial charge >= 0.3 is 6.03 Å². The number of nitrogens with one attached hydrogen (secondary N) is 2. The predicted molar refractivity (Wildman–Crippen MR) is 136 cm³/mol. The van der Waals surface area contributed by atoms with E-state index in [9.17, 15) is 14.4 Å². The third-order valence-corrected chi connectivity index (χ3v) is 7.11. The Morgan fingerprint density at radius 1 is 1.06 bits per heavy atom. The zero-order chi connectivity index (χ0) is 25.2. The van der Waals surface area contributed by atoms with Gasteiger partial charge in [-0.1, -0.05) is 41.6 Å². The predicted octanol–water partition coefficient (Wildman–Crippen LogP) is 4.87. The molecule has 1 saturated heterocycles. The lowest BCUT2D eigenvalue weighted by Gasteiger charge is -2.22. The maximum atomic E-state index is 13.1. The van der Waals surface area contributed by atoms with E-state index in [1.165, 1.54) is 23.1 Å². The first-order valence-electron chi connectivity index (χ1n) is 11.1. The van der Waals surface area contributed by atoms with Crippen molar-refractivity contribution in [3.05, 3.63) is 83.4 Å². The molecule has 1 aliphatic rings. The van der Waals surface area contributed by atoms with Crippen LogP contribution >= 0.6 is 11.8 Å². The fourth-order valence-corrected chi connectivity index (χ4v) is 4.84. The molecule has 0 spiro atoms. The van der Waals surface area contributed by atoms with Crippen molar-refractivity contribution in [3.8, 4) is 5.75 Å². The molecule has 2 N–H and O–H groups in total. The summed E-state index contributed by atoms with van der Waals surface area (Å²) in [5.41, 5.74) is 2.32. The van der Waals surface area contributed by atoms with E-state index >= 15 is 0 Å². The van der Waals surface area contributed by atoms with Gasteiger partial charge in [0, 0.05) is 15.5 Å². The molecular formula is C27H27N3O4S. The second-order valence-corrected chi connectivity index (χ2v) is 9.74. The molecule has 3 aromatic carbocycles. The largest absolute Gasteiger partial charge is 0.497 e. The molecule has 4 rings (SSSR count). The summed E-state index contributed by atoms with van der Waals surface area (Å²) in [6.07, 6.45) is 0. The smallest absolute Gasteiger partial charge is 0.325 e. The van der Waals surface area contributed by atoms with E-state index in [0.717, 1.165) is 9.80 Å². The zero-order valence-corrected chi connectivity index (χ0v) is 20.9. The first-order chi connectivity index (χ1) is 16.7. The molecular weight excluding hydrogens is 462 g/mol. The van der Waals surface area contributed by atoms with E-state index in [4.69, 9.17) is 4.74 Å². The minimum absolute atomic E-state index is 0.386. The van der Waals surface area contributed by atoms with Crippen LogP contribution in [0.4, 0.5) is 10.5 Å². The van der Waals surface area contributed by atoms with Gasteiger partial charge in [0.05, 0.1) is 7.11 Å². The number of carbonyl (C=O) groups excluding carboxylic acids is 3. The summed E-state index contributed by atoms with van der Waals surface area (Å²) in [7, 11) is 1.53. The van der Waals surface area contributed by atoms with Crippen LogP contribution in [-0.2, 0) is 15.1 Å².